The topological polar surface area (TPSA) is 20.9 Å². The van der Waals surface area contributed by atoms with Gasteiger partial charge in [0.15, 0.2) is 12.4 Å². The van der Waals surface area contributed by atoms with Gasteiger partial charge in [0.05, 0.1) is 4.43 Å². The largest absolute Gasteiger partial charge is 0.292 e. The van der Waals surface area contributed by atoms with E-state index in [1.54, 1.807) is 0 Å². The number of alkyl halides is 1. The third kappa shape index (κ3) is 2.96. The molecule has 1 rings (SSSR count). The quantitative estimate of drug-likeness (QED) is 0.452. The molecule has 1 aromatic rings. The number of hydrogen-bond donors (Lipinski definition) is 0. The van der Waals surface area contributed by atoms with Crippen molar-refractivity contribution in [3.63, 3.8) is 0 Å². The Morgan fingerprint density at radius 1 is 1.27 bits per heavy atom. The number of ketones is 1. The van der Waals surface area contributed by atoms with Crippen molar-refractivity contribution < 1.29 is 9.36 Å². The molecule has 1 aromatic heterocycles. The standard InChI is InChI=1S/C8H9INO/c9-6-8(11)7-10-4-2-1-3-5-10/h1-5H,6-7H2/q+1. The lowest BCUT2D eigenvalue weighted by Gasteiger charge is -1.91. The smallest absolute Gasteiger partial charge is 0.207 e. The predicted molar refractivity (Wildman–Crippen MR) is 50.5 cm³/mol. The molecule has 0 atom stereocenters. The number of Topliss-reactive ketones (excluding diaryl/α,β-unsaturated/α-hetero) is 1. The van der Waals surface area contributed by atoms with E-state index in [9.17, 15) is 4.79 Å². The number of pyridine rings is 1. The molecule has 58 valence electrons. The van der Waals surface area contributed by atoms with Crippen LogP contribution in [0.2, 0.25) is 0 Å². The summed E-state index contributed by atoms with van der Waals surface area (Å²) in [6.45, 7) is 0.490. The van der Waals surface area contributed by atoms with E-state index in [0.717, 1.165) is 0 Å². The van der Waals surface area contributed by atoms with Crippen LogP contribution in [0.15, 0.2) is 30.6 Å². The maximum Gasteiger partial charge on any atom is 0.207 e. The fourth-order valence-corrected chi connectivity index (χ4v) is 1.03. The molecule has 0 saturated carbocycles. The second kappa shape index (κ2) is 4.43. The van der Waals surface area contributed by atoms with Crippen LogP contribution in [0.1, 0.15) is 0 Å². The summed E-state index contributed by atoms with van der Waals surface area (Å²) in [4.78, 5) is 11.0. The van der Waals surface area contributed by atoms with E-state index in [1.807, 2.05) is 35.2 Å². The number of aromatic nitrogens is 1. The van der Waals surface area contributed by atoms with E-state index in [1.165, 1.54) is 0 Å². The Morgan fingerprint density at radius 3 is 2.45 bits per heavy atom. The Morgan fingerprint density at radius 2 is 1.91 bits per heavy atom. The second-order valence-corrected chi connectivity index (χ2v) is 2.98. The van der Waals surface area contributed by atoms with E-state index in [4.69, 9.17) is 0 Å². The number of halogens is 1. The zero-order valence-electron chi connectivity index (χ0n) is 6.03. The molecule has 0 unspecified atom stereocenters. The van der Waals surface area contributed by atoms with Gasteiger partial charge in [-0.25, -0.2) is 0 Å². The summed E-state index contributed by atoms with van der Waals surface area (Å²) in [5, 5.41) is 0. The van der Waals surface area contributed by atoms with Gasteiger partial charge >= 0.3 is 0 Å². The van der Waals surface area contributed by atoms with Crippen molar-refractivity contribution in [2.24, 2.45) is 0 Å². The summed E-state index contributed by atoms with van der Waals surface area (Å²) < 4.78 is 2.46. The Bertz CT molecular complexity index is 235. The van der Waals surface area contributed by atoms with E-state index in [-0.39, 0.29) is 5.78 Å². The fraction of sp³-hybridized carbons (Fsp3) is 0.250. The summed E-state index contributed by atoms with van der Waals surface area (Å²) >= 11 is 2.08. The van der Waals surface area contributed by atoms with Gasteiger partial charge in [-0.2, -0.15) is 4.57 Å². The Balaban J connectivity index is 2.58. The molecular weight excluding hydrogens is 253 g/mol. The lowest BCUT2D eigenvalue weighted by atomic mass is 10.4. The van der Waals surface area contributed by atoms with Gasteiger partial charge in [0.2, 0.25) is 12.3 Å². The highest BCUT2D eigenvalue weighted by molar-refractivity contribution is 14.1. The summed E-state index contributed by atoms with van der Waals surface area (Å²) in [5.74, 6) is 0.252. The normalized spacial score (nSPS) is 9.55. The maximum atomic E-state index is 11.0. The fourth-order valence-electron chi connectivity index (χ4n) is 0.786. The Kier molecular flexibility index (Phi) is 3.48. The molecule has 0 aliphatic rings. The maximum absolute atomic E-state index is 11.0. The van der Waals surface area contributed by atoms with Crippen LogP contribution in [0.3, 0.4) is 0 Å². The first-order valence-electron chi connectivity index (χ1n) is 3.34. The van der Waals surface area contributed by atoms with E-state index < -0.39 is 0 Å². The summed E-state index contributed by atoms with van der Waals surface area (Å²) in [7, 11) is 0. The molecule has 1 heterocycles. The van der Waals surface area contributed by atoms with Crippen LogP contribution in [0.25, 0.3) is 0 Å². The van der Waals surface area contributed by atoms with Crippen molar-refractivity contribution in [2.75, 3.05) is 4.43 Å². The lowest BCUT2D eigenvalue weighted by molar-refractivity contribution is -0.684. The van der Waals surface area contributed by atoms with Crippen molar-refractivity contribution in [2.45, 2.75) is 6.54 Å². The lowest BCUT2D eigenvalue weighted by Crippen LogP contribution is -2.37. The Hall–Kier alpha value is -0.450. The number of hydrogen-bond acceptors (Lipinski definition) is 1. The molecule has 11 heavy (non-hydrogen) atoms. The van der Waals surface area contributed by atoms with Crippen LogP contribution in [-0.2, 0) is 11.3 Å². The minimum atomic E-state index is 0.252. The van der Waals surface area contributed by atoms with Gasteiger partial charge in [-0.1, -0.05) is 28.7 Å². The number of carbonyl (C=O) groups is 1. The number of carbonyl (C=O) groups excluding carboxylic acids is 1. The van der Waals surface area contributed by atoms with Gasteiger partial charge < -0.3 is 0 Å². The van der Waals surface area contributed by atoms with Crippen LogP contribution in [0, 0.1) is 0 Å². The first-order valence-corrected chi connectivity index (χ1v) is 4.87. The molecule has 0 saturated heterocycles. The predicted octanol–water partition coefficient (Wildman–Crippen LogP) is 0.978. The van der Waals surface area contributed by atoms with E-state index in [0.29, 0.717) is 11.0 Å². The molecule has 0 bridgehead atoms. The van der Waals surface area contributed by atoms with E-state index >= 15 is 0 Å². The molecule has 0 spiro atoms. The molecular formula is C8H9INO+. The average Bonchev–Trinajstić information content (AvgIpc) is 2.06. The number of nitrogens with zero attached hydrogens (tertiary/aromatic N) is 1. The highest BCUT2D eigenvalue weighted by Gasteiger charge is 2.04. The van der Waals surface area contributed by atoms with Crippen molar-refractivity contribution in [1.29, 1.82) is 0 Å². The average molecular weight is 262 g/mol. The molecule has 0 aliphatic heterocycles. The minimum Gasteiger partial charge on any atom is -0.292 e. The monoisotopic (exact) mass is 262 g/mol. The highest BCUT2D eigenvalue weighted by Crippen LogP contribution is 1.84. The SMILES string of the molecule is O=C(CI)C[n+]1ccccc1. The zero-order chi connectivity index (χ0) is 8.10. The third-order valence-electron chi connectivity index (χ3n) is 1.29. The van der Waals surface area contributed by atoms with Crippen LogP contribution >= 0.6 is 22.6 Å². The molecule has 0 aromatic carbocycles. The van der Waals surface area contributed by atoms with Crippen molar-refractivity contribution >= 4 is 28.4 Å². The van der Waals surface area contributed by atoms with Gasteiger partial charge in [-0.05, 0) is 0 Å². The third-order valence-corrected chi connectivity index (χ3v) is 2.14. The summed E-state index contributed by atoms with van der Waals surface area (Å²) in [6.07, 6.45) is 3.79. The molecule has 2 nitrogen and oxygen atoms in total. The molecule has 3 heteroatoms. The summed E-state index contributed by atoms with van der Waals surface area (Å²) in [5.41, 5.74) is 0. The zero-order valence-corrected chi connectivity index (χ0v) is 8.19. The molecule has 0 amide bonds. The van der Waals surface area contributed by atoms with Crippen LogP contribution in [0.4, 0.5) is 0 Å². The van der Waals surface area contributed by atoms with Gasteiger partial charge in [0.25, 0.3) is 0 Å². The van der Waals surface area contributed by atoms with Gasteiger partial charge in [0.1, 0.15) is 0 Å². The molecule has 0 aliphatic carbocycles. The molecule has 0 N–H and O–H groups in total. The van der Waals surface area contributed by atoms with E-state index in [2.05, 4.69) is 22.6 Å². The highest BCUT2D eigenvalue weighted by atomic mass is 127. The minimum absolute atomic E-state index is 0.252. The first kappa shape index (κ1) is 8.64. The van der Waals surface area contributed by atoms with Crippen molar-refractivity contribution in [3.8, 4) is 0 Å². The van der Waals surface area contributed by atoms with Gasteiger partial charge in [-0.15, -0.1) is 0 Å². The molecule has 0 radical (unpaired) electrons. The van der Waals surface area contributed by atoms with Gasteiger partial charge in [0, 0.05) is 12.1 Å². The van der Waals surface area contributed by atoms with Crippen LogP contribution < -0.4 is 4.57 Å². The number of rotatable bonds is 3. The van der Waals surface area contributed by atoms with Crippen molar-refractivity contribution in [1.82, 2.24) is 0 Å². The first-order chi connectivity index (χ1) is 5.33. The molecule has 0 fully saturated rings. The Labute approximate surface area is 79.4 Å². The second-order valence-electron chi connectivity index (χ2n) is 2.22. The van der Waals surface area contributed by atoms with Crippen LogP contribution in [0.5, 0.6) is 0 Å². The van der Waals surface area contributed by atoms with Crippen molar-refractivity contribution in [3.05, 3.63) is 30.6 Å². The van der Waals surface area contributed by atoms with Gasteiger partial charge in [-0.3, -0.25) is 4.79 Å². The summed E-state index contributed by atoms with van der Waals surface area (Å²) in [6, 6.07) is 5.77. The van der Waals surface area contributed by atoms with Crippen LogP contribution in [-0.4, -0.2) is 10.2 Å².